The van der Waals surface area contributed by atoms with Crippen molar-refractivity contribution in [2.45, 2.75) is 71.3 Å². The highest BCUT2D eigenvalue weighted by Crippen LogP contribution is 2.16. The Balaban J connectivity index is 2.01. The SMILES string of the molecule is CCCCCNC(=NC)NCCCCN1CCCCC1C. The minimum Gasteiger partial charge on any atom is -0.356 e. The summed E-state index contributed by atoms with van der Waals surface area (Å²) in [4.78, 5) is 6.92. The van der Waals surface area contributed by atoms with Crippen LogP contribution in [0.15, 0.2) is 4.99 Å². The summed E-state index contributed by atoms with van der Waals surface area (Å²) in [6.07, 6.45) is 10.5. The van der Waals surface area contributed by atoms with Crippen LogP contribution in [0.5, 0.6) is 0 Å². The van der Waals surface area contributed by atoms with E-state index in [-0.39, 0.29) is 0 Å². The molecule has 1 rings (SSSR count). The molecule has 0 aromatic carbocycles. The molecule has 0 aliphatic carbocycles. The topological polar surface area (TPSA) is 39.7 Å². The van der Waals surface area contributed by atoms with Crippen molar-refractivity contribution in [3.05, 3.63) is 0 Å². The van der Waals surface area contributed by atoms with Crippen LogP contribution in [0.4, 0.5) is 0 Å². The molecule has 2 N–H and O–H groups in total. The van der Waals surface area contributed by atoms with Gasteiger partial charge in [-0.1, -0.05) is 26.2 Å². The van der Waals surface area contributed by atoms with E-state index in [1.807, 2.05) is 7.05 Å². The van der Waals surface area contributed by atoms with Gasteiger partial charge in [-0.25, -0.2) is 0 Å². The van der Waals surface area contributed by atoms with Crippen molar-refractivity contribution in [1.82, 2.24) is 15.5 Å². The van der Waals surface area contributed by atoms with Crippen molar-refractivity contribution in [3.8, 4) is 0 Å². The molecule has 1 unspecified atom stereocenters. The van der Waals surface area contributed by atoms with Gasteiger partial charge in [-0.2, -0.15) is 0 Å². The van der Waals surface area contributed by atoms with Gasteiger partial charge in [-0.15, -0.1) is 0 Å². The van der Waals surface area contributed by atoms with Crippen LogP contribution in [0.25, 0.3) is 0 Å². The number of likely N-dealkylation sites (tertiary alicyclic amines) is 1. The first-order chi connectivity index (χ1) is 10.3. The average molecular weight is 297 g/mol. The Kier molecular flexibility index (Phi) is 10.3. The molecule has 1 atom stereocenters. The maximum absolute atomic E-state index is 4.27. The Morgan fingerprint density at radius 2 is 1.81 bits per heavy atom. The van der Waals surface area contributed by atoms with Crippen LogP contribution in [-0.4, -0.2) is 50.1 Å². The van der Waals surface area contributed by atoms with E-state index in [1.54, 1.807) is 0 Å². The van der Waals surface area contributed by atoms with Gasteiger partial charge in [0.15, 0.2) is 5.96 Å². The lowest BCUT2D eigenvalue weighted by Crippen LogP contribution is -2.39. The van der Waals surface area contributed by atoms with E-state index in [1.165, 1.54) is 64.5 Å². The van der Waals surface area contributed by atoms with E-state index in [0.29, 0.717) is 0 Å². The third kappa shape index (κ3) is 8.30. The van der Waals surface area contributed by atoms with Gasteiger partial charge < -0.3 is 15.5 Å². The fourth-order valence-corrected chi connectivity index (χ4v) is 2.94. The van der Waals surface area contributed by atoms with Crippen LogP contribution in [0.3, 0.4) is 0 Å². The molecule has 21 heavy (non-hydrogen) atoms. The van der Waals surface area contributed by atoms with Crippen LogP contribution in [0.2, 0.25) is 0 Å². The van der Waals surface area contributed by atoms with Gasteiger partial charge in [0.05, 0.1) is 0 Å². The summed E-state index contributed by atoms with van der Waals surface area (Å²) < 4.78 is 0. The zero-order valence-corrected chi connectivity index (χ0v) is 14.5. The summed E-state index contributed by atoms with van der Waals surface area (Å²) in [6.45, 7) is 9.21. The molecule has 1 aliphatic heterocycles. The van der Waals surface area contributed by atoms with Crippen molar-refractivity contribution < 1.29 is 0 Å². The van der Waals surface area contributed by atoms with Crippen molar-refractivity contribution >= 4 is 5.96 Å². The van der Waals surface area contributed by atoms with Crippen molar-refractivity contribution in [2.24, 2.45) is 4.99 Å². The molecule has 124 valence electrons. The first-order valence-corrected chi connectivity index (χ1v) is 8.96. The van der Waals surface area contributed by atoms with E-state index in [4.69, 9.17) is 0 Å². The smallest absolute Gasteiger partial charge is 0.190 e. The molecule has 1 saturated heterocycles. The standard InChI is InChI=1S/C17H36N4/c1-4-5-7-12-19-17(18-3)20-13-8-10-15-21-14-9-6-11-16(21)2/h16H,4-15H2,1-3H3,(H2,18,19,20). The lowest BCUT2D eigenvalue weighted by atomic mass is 10.0. The Morgan fingerprint density at radius 3 is 2.43 bits per heavy atom. The normalized spacial score (nSPS) is 20.5. The first kappa shape index (κ1) is 18.3. The van der Waals surface area contributed by atoms with E-state index >= 15 is 0 Å². The summed E-state index contributed by atoms with van der Waals surface area (Å²) in [7, 11) is 1.85. The fraction of sp³-hybridized carbons (Fsp3) is 0.941. The number of guanidine groups is 1. The first-order valence-electron chi connectivity index (χ1n) is 8.96. The summed E-state index contributed by atoms with van der Waals surface area (Å²) >= 11 is 0. The zero-order valence-electron chi connectivity index (χ0n) is 14.5. The maximum Gasteiger partial charge on any atom is 0.190 e. The molecule has 1 heterocycles. The number of rotatable bonds is 9. The summed E-state index contributed by atoms with van der Waals surface area (Å²) in [5, 5.41) is 6.80. The van der Waals surface area contributed by atoms with Crippen molar-refractivity contribution in [2.75, 3.05) is 33.2 Å². The monoisotopic (exact) mass is 296 g/mol. The highest BCUT2D eigenvalue weighted by Gasteiger charge is 2.16. The Morgan fingerprint density at radius 1 is 1.10 bits per heavy atom. The van der Waals surface area contributed by atoms with Crippen molar-refractivity contribution in [1.29, 1.82) is 0 Å². The van der Waals surface area contributed by atoms with Crippen LogP contribution in [-0.2, 0) is 0 Å². The van der Waals surface area contributed by atoms with Gasteiger partial charge in [0, 0.05) is 26.2 Å². The van der Waals surface area contributed by atoms with Gasteiger partial charge >= 0.3 is 0 Å². The van der Waals surface area contributed by atoms with E-state index in [0.717, 1.165) is 25.1 Å². The minimum absolute atomic E-state index is 0.791. The zero-order chi connectivity index (χ0) is 15.3. The van der Waals surface area contributed by atoms with Gasteiger partial charge in [0.2, 0.25) is 0 Å². The highest BCUT2D eigenvalue weighted by atomic mass is 15.2. The minimum atomic E-state index is 0.791. The second-order valence-corrected chi connectivity index (χ2v) is 6.22. The molecule has 0 aromatic rings. The lowest BCUT2D eigenvalue weighted by molar-refractivity contribution is 0.158. The molecule has 0 spiro atoms. The maximum atomic E-state index is 4.27. The van der Waals surface area contributed by atoms with Gasteiger partial charge in [0.25, 0.3) is 0 Å². The number of hydrogen-bond acceptors (Lipinski definition) is 2. The van der Waals surface area contributed by atoms with Gasteiger partial charge in [0.1, 0.15) is 0 Å². The summed E-state index contributed by atoms with van der Waals surface area (Å²) in [6, 6.07) is 0.791. The second-order valence-electron chi connectivity index (χ2n) is 6.22. The Hall–Kier alpha value is -0.770. The van der Waals surface area contributed by atoms with Crippen molar-refractivity contribution in [3.63, 3.8) is 0 Å². The largest absolute Gasteiger partial charge is 0.356 e. The predicted molar refractivity (Wildman–Crippen MR) is 93.0 cm³/mol. The van der Waals surface area contributed by atoms with E-state index in [2.05, 4.69) is 34.4 Å². The molecule has 0 radical (unpaired) electrons. The third-order valence-corrected chi connectivity index (χ3v) is 4.40. The molecular weight excluding hydrogens is 260 g/mol. The average Bonchev–Trinajstić information content (AvgIpc) is 2.50. The molecule has 0 bridgehead atoms. The molecule has 0 aromatic heterocycles. The molecule has 4 nitrogen and oxygen atoms in total. The fourth-order valence-electron chi connectivity index (χ4n) is 2.94. The third-order valence-electron chi connectivity index (χ3n) is 4.40. The predicted octanol–water partition coefficient (Wildman–Crippen LogP) is 3.00. The lowest BCUT2D eigenvalue weighted by Gasteiger charge is -2.33. The highest BCUT2D eigenvalue weighted by molar-refractivity contribution is 5.79. The number of unbranched alkanes of at least 4 members (excludes halogenated alkanes) is 3. The van der Waals surface area contributed by atoms with Gasteiger partial charge in [-0.05, 0) is 52.1 Å². The number of nitrogens with zero attached hydrogens (tertiary/aromatic N) is 2. The number of aliphatic imine (C=N–C) groups is 1. The number of hydrogen-bond donors (Lipinski definition) is 2. The van der Waals surface area contributed by atoms with Gasteiger partial charge in [-0.3, -0.25) is 4.99 Å². The molecule has 0 amide bonds. The summed E-state index contributed by atoms with van der Waals surface area (Å²) in [5.74, 6) is 0.956. The number of piperidine rings is 1. The van der Waals surface area contributed by atoms with E-state index < -0.39 is 0 Å². The second kappa shape index (κ2) is 11.8. The quantitative estimate of drug-likeness (QED) is 0.390. The Labute approximate surface area is 131 Å². The molecule has 0 saturated carbocycles. The van der Waals surface area contributed by atoms with Crippen LogP contribution in [0.1, 0.15) is 65.2 Å². The molecule has 1 fully saturated rings. The Bertz CT molecular complexity index is 278. The van der Waals surface area contributed by atoms with Crippen LogP contribution < -0.4 is 10.6 Å². The number of nitrogens with one attached hydrogen (secondary N) is 2. The van der Waals surface area contributed by atoms with Crippen LogP contribution in [0, 0.1) is 0 Å². The summed E-state index contributed by atoms with van der Waals surface area (Å²) in [5.41, 5.74) is 0. The van der Waals surface area contributed by atoms with Crippen LogP contribution >= 0.6 is 0 Å². The molecule has 1 aliphatic rings. The molecule has 4 heteroatoms. The molecular formula is C17H36N4. The van der Waals surface area contributed by atoms with E-state index in [9.17, 15) is 0 Å².